The molecule has 0 aliphatic carbocycles. The predicted molar refractivity (Wildman–Crippen MR) is 73.5 cm³/mol. The Morgan fingerprint density at radius 1 is 1.22 bits per heavy atom. The molecule has 0 bridgehead atoms. The molecule has 1 aromatic rings. The minimum Gasteiger partial charge on any atom is -0.497 e. The molecule has 5 heteroatoms. The van der Waals surface area contributed by atoms with Crippen molar-refractivity contribution in [2.24, 2.45) is 5.73 Å². The van der Waals surface area contributed by atoms with Gasteiger partial charge in [0, 0.05) is 11.8 Å². The van der Waals surface area contributed by atoms with Crippen molar-refractivity contribution in [1.82, 2.24) is 0 Å². The monoisotopic (exact) mass is 271 g/mol. The Hall–Kier alpha value is -1.07. The van der Waals surface area contributed by atoms with Crippen molar-refractivity contribution in [2.75, 3.05) is 12.9 Å². The van der Waals surface area contributed by atoms with Gasteiger partial charge in [-0.3, -0.25) is 0 Å². The van der Waals surface area contributed by atoms with Gasteiger partial charge in [-0.05, 0) is 24.1 Å². The first kappa shape index (κ1) is 15.0. The quantitative estimate of drug-likeness (QED) is 0.858. The van der Waals surface area contributed by atoms with Crippen LogP contribution in [0.25, 0.3) is 0 Å². The molecule has 1 rings (SSSR count). The summed E-state index contributed by atoms with van der Waals surface area (Å²) in [5.41, 5.74) is 6.90. The van der Waals surface area contributed by atoms with Gasteiger partial charge in [0.15, 0.2) is 9.84 Å². The van der Waals surface area contributed by atoms with E-state index < -0.39 is 21.1 Å². The summed E-state index contributed by atoms with van der Waals surface area (Å²) in [5, 5.41) is -0.532. The number of rotatable bonds is 6. The predicted octanol–water partition coefficient (Wildman–Crippen LogP) is 1.91. The van der Waals surface area contributed by atoms with Crippen LogP contribution in [0.4, 0.5) is 0 Å². The van der Waals surface area contributed by atoms with Crippen LogP contribution in [0, 0.1) is 0 Å². The largest absolute Gasteiger partial charge is 0.497 e. The zero-order chi connectivity index (χ0) is 13.8. The number of methoxy groups -OCH3 is 1. The lowest BCUT2D eigenvalue weighted by Crippen LogP contribution is -2.34. The minimum atomic E-state index is -3.13. The van der Waals surface area contributed by atoms with Gasteiger partial charge < -0.3 is 10.5 Å². The third-order valence-corrected chi connectivity index (χ3v) is 5.52. The average molecular weight is 271 g/mol. The average Bonchev–Trinajstić information content (AvgIpc) is 2.39. The molecule has 0 heterocycles. The lowest BCUT2D eigenvalue weighted by molar-refractivity contribution is 0.414. The SMILES string of the molecule is CC[C@H]([C@H](N)c1ccc(OC)cc1)S(=O)(=O)CC. The first-order chi connectivity index (χ1) is 8.46. The van der Waals surface area contributed by atoms with E-state index in [4.69, 9.17) is 10.5 Å². The van der Waals surface area contributed by atoms with Crippen LogP contribution in [-0.4, -0.2) is 26.5 Å². The number of hydrogen-bond acceptors (Lipinski definition) is 4. The highest BCUT2D eigenvalue weighted by molar-refractivity contribution is 7.92. The Balaban J connectivity index is 3.00. The summed E-state index contributed by atoms with van der Waals surface area (Å²) in [4.78, 5) is 0. The van der Waals surface area contributed by atoms with Crippen LogP contribution in [0.1, 0.15) is 31.9 Å². The fourth-order valence-electron chi connectivity index (χ4n) is 1.99. The minimum absolute atomic E-state index is 0.120. The Labute approximate surface area is 109 Å². The highest BCUT2D eigenvalue weighted by Crippen LogP contribution is 2.24. The summed E-state index contributed by atoms with van der Waals surface area (Å²) in [7, 11) is -1.54. The van der Waals surface area contributed by atoms with Crippen molar-refractivity contribution in [3.8, 4) is 5.75 Å². The molecule has 0 aromatic heterocycles. The zero-order valence-electron chi connectivity index (χ0n) is 11.1. The van der Waals surface area contributed by atoms with Gasteiger partial charge in [0.25, 0.3) is 0 Å². The number of benzene rings is 1. The summed E-state index contributed by atoms with van der Waals surface area (Å²) in [6.07, 6.45) is 0.517. The summed E-state index contributed by atoms with van der Waals surface area (Å²) < 4.78 is 29.0. The first-order valence-electron chi connectivity index (χ1n) is 6.07. The molecule has 4 nitrogen and oxygen atoms in total. The molecule has 2 N–H and O–H groups in total. The van der Waals surface area contributed by atoms with Gasteiger partial charge in [-0.15, -0.1) is 0 Å². The molecule has 0 saturated carbocycles. The number of ether oxygens (including phenoxy) is 1. The van der Waals surface area contributed by atoms with Gasteiger partial charge in [0.2, 0.25) is 0 Å². The molecule has 0 spiro atoms. The number of sulfone groups is 1. The van der Waals surface area contributed by atoms with E-state index in [1.165, 1.54) is 0 Å². The van der Waals surface area contributed by atoms with Crippen molar-refractivity contribution in [3.63, 3.8) is 0 Å². The van der Waals surface area contributed by atoms with E-state index in [0.717, 1.165) is 11.3 Å². The Kier molecular flexibility index (Phi) is 5.16. The molecule has 0 radical (unpaired) electrons. The Morgan fingerprint density at radius 2 is 1.78 bits per heavy atom. The second-order valence-corrected chi connectivity index (χ2v) is 6.71. The van der Waals surface area contributed by atoms with Crippen molar-refractivity contribution < 1.29 is 13.2 Å². The van der Waals surface area contributed by atoms with Crippen molar-refractivity contribution >= 4 is 9.84 Å². The number of nitrogens with two attached hydrogens (primary N) is 1. The second-order valence-electron chi connectivity index (χ2n) is 4.20. The van der Waals surface area contributed by atoms with E-state index in [2.05, 4.69) is 0 Å². The maximum absolute atomic E-state index is 12.0. The van der Waals surface area contributed by atoms with Gasteiger partial charge >= 0.3 is 0 Å². The van der Waals surface area contributed by atoms with Crippen LogP contribution >= 0.6 is 0 Å². The fourth-order valence-corrected chi connectivity index (χ4v) is 3.53. The summed E-state index contributed by atoms with van der Waals surface area (Å²) in [6, 6.07) is 6.72. The summed E-state index contributed by atoms with van der Waals surface area (Å²) in [6.45, 7) is 3.50. The number of hydrogen-bond donors (Lipinski definition) is 1. The van der Waals surface area contributed by atoms with Crippen LogP contribution in [0.2, 0.25) is 0 Å². The summed E-state index contributed by atoms with van der Waals surface area (Å²) in [5.74, 6) is 0.854. The normalized spacial score (nSPS) is 15.1. The zero-order valence-corrected chi connectivity index (χ0v) is 11.9. The van der Waals surface area contributed by atoms with Crippen LogP contribution in [0.3, 0.4) is 0 Å². The third kappa shape index (κ3) is 3.23. The highest BCUT2D eigenvalue weighted by atomic mass is 32.2. The molecule has 0 aliphatic rings. The van der Waals surface area contributed by atoms with Gasteiger partial charge in [-0.2, -0.15) is 0 Å². The molecule has 18 heavy (non-hydrogen) atoms. The highest BCUT2D eigenvalue weighted by Gasteiger charge is 2.29. The van der Waals surface area contributed by atoms with Gasteiger partial charge in [-0.1, -0.05) is 26.0 Å². The molecule has 0 aliphatic heterocycles. The molecule has 102 valence electrons. The van der Waals surface area contributed by atoms with E-state index >= 15 is 0 Å². The van der Waals surface area contributed by atoms with Crippen molar-refractivity contribution in [1.29, 1.82) is 0 Å². The maximum atomic E-state index is 12.0. The molecular formula is C13H21NO3S. The third-order valence-electron chi connectivity index (χ3n) is 3.17. The molecule has 0 saturated heterocycles. The Morgan fingerprint density at radius 3 is 2.17 bits per heavy atom. The lowest BCUT2D eigenvalue weighted by atomic mass is 10.0. The second kappa shape index (κ2) is 6.20. The fraction of sp³-hybridized carbons (Fsp3) is 0.538. The van der Waals surface area contributed by atoms with Crippen molar-refractivity contribution in [2.45, 2.75) is 31.6 Å². The molecule has 2 atom stereocenters. The topological polar surface area (TPSA) is 69.4 Å². The lowest BCUT2D eigenvalue weighted by Gasteiger charge is -2.22. The molecule has 0 unspecified atom stereocenters. The first-order valence-corrected chi connectivity index (χ1v) is 7.78. The van der Waals surface area contributed by atoms with E-state index in [1.54, 1.807) is 26.2 Å². The van der Waals surface area contributed by atoms with Gasteiger partial charge in [-0.25, -0.2) is 8.42 Å². The van der Waals surface area contributed by atoms with E-state index in [0.29, 0.717) is 6.42 Å². The van der Waals surface area contributed by atoms with Crippen molar-refractivity contribution in [3.05, 3.63) is 29.8 Å². The summed E-state index contributed by atoms with van der Waals surface area (Å²) >= 11 is 0. The van der Waals surface area contributed by atoms with Gasteiger partial charge in [0.05, 0.1) is 12.4 Å². The van der Waals surface area contributed by atoms with Crippen LogP contribution < -0.4 is 10.5 Å². The van der Waals surface area contributed by atoms with Crippen LogP contribution in [0.15, 0.2) is 24.3 Å². The molecular weight excluding hydrogens is 250 g/mol. The standard InChI is InChI=1S/C13H21NO3S/c1-4-12(18(15,16)5-2)13(14)10-6-8-11(17-3)9-7-10/h6-9,12-13H,4-5,14H2,1-3H3/t12-,13-/m1/s1. The Bertz CT molecular complexity index is 468. The van der Waals surface area contributed by atoms with E-state index in [9.17, 15) is 8.42 Å². The van der Waals surface area contributed by atoms with Crippen LogP contribution in [-0.2, 0) is 9.84 Å². The van der Waals surface area contributed by atoms with Crippen LogP contribution in [0.5, 0.6) is 5.75 Å². The molecule has 0 fully saturated rings. The smallest absolute Gasteiger partial charge is 0.154 e. The molecule has 0 amide bonds. The van der Waals surface area contributed by atoms with E-state index in [1.807, 2.05) is 19.1 Å². The van der Waals surface area contributed by atoms with Gasteiger partial charge in [0.1, 0.15) is 5.75 Å². The molecule has 1 aromatic carbocycles. The van der Waals surface area contributed by atoms with E-state index in [-0.39, 0.29) is 5.75 Å². The maximum Gasteiger partial charge on any atom is 0.154 e.